The summed E-state index contributed by atoms with van der Waals surface area (Å²) in [6, 6.07) is 8.84. The van der Waals surface area contributed by atoms with Crippen molar-refractivity contribution in [3.05, 3.63) is 30.1 Å². The third kappa shape index (κ3) is 4.44. The van der Waals surface area contributed by atoms with Gasteiger partial charge in [-0.3, -0.25) is 10.3 Å². The molecule has 0 amide bonds. The molecule has 96 valence electrons. The number of likely N-dealkylation sites (N-methyl/N-ethyl adjacent to an activating group) is 1. The highest BCUT2D eigenvalue weighted by Gasteiger charge is 2.24. The highest BCUT2D eigenvalue weighted by Crippen LogP contribution is 2.19. The fourth-order valence-electron chi connectivity index (χ4n) is 1.92. The number of hydrogen-bond donors (Lipinski definition) is 1. The van der Waals surface area contributed by atoms with Gasteiger partial charge in [0, 0.05) is 37.4 Å². The van der Waals surface area contributed by atoms with Gasteiger partial charge in [-0.15, -0.1) is 0 Å². The number of nitriles is 1. The van der Waals surface area contributed by atoms with Gasteiger partial charge in [0.25, 0.3) is 0 Å². The van der Waals surface area contributed by atoms with Crippen LogP contribution >= 0.6 is 0 Å². The Hall–Kier alpha value is -1.44. The summed E-state index contributed by atoms with van der Waals surface area (Å²) >= 11 is 0. The van der Waals surface area contributed by atoms with Crippen molar-refractivity contribution in [1.29, 1.82) is 5.26 Å². The minimum atomic E-state index is -0.0498. The average Bonchev–Trinajstić information content (AvgIpc) is 3.21. The maximum atomic E-state index is 9.09. The van der Waals surface area contributed by atoms with E-state index in [4.69, 9.17) is 5.26 Å². The van der Waals surface area contributed by atoms with Gasteiger partial charge in [0.05, 0.1) is 6.07 Å². The smallest absolute Gasteiger partial charge is 0.108 e. The second-order valence-electron chi connectivity index (χ2n) is 4.96. The Labute approximate surface area is 109 Å². The molecule has 0 spiro atoms. The van der Waals surface area contributed by atoms with E-state index in [0.29, 0.717) is 6.04 Å². The van der Waals surface area contributed by atoms with Crippen LogP contribution in [0.3, 0.4) is 0 Å². The molecule has 0 aliphatic heterocycles. The molecule has 1 atom stereocenters. The van der Waals surface area contributed by atoms with Crippen LogP contribution in [0.15, 0.2) is 24.4 Å². The molecule has 4 nitrogen and oxygen atoms in total. The standard InChI is InChI=1S/C14H20N4/c1-18(9-7-12-4-2-3-8-16-12)11-14(10-15)17-13-5-6-13/h2-4,8,13-14,17H,5-7,9,11H2,1H3. The summed E-state index contributed by atoms with van der Waals surface area (Å²) in [7, 11) is 2.06. The molecule has 1 aromatic rings. The van der Waals surface area contributed by atoms with Crippen molar-refractivity contribution in [3.8, 4) is 6.07 Å². The molecule has 0 radical (unpaired) electrons. The Morgan fingerprint density at radius 2 is 2.39 bits per heavy atom. The lowest BCUT2D eigenvalue weighted by Crippen LogP contribution is -2.40. The zero-order chi connectivity index (χ0) is 12.8. The third-order valence-electron chi connectivity index (χ3n) is 3.14. The van der Waals surface area contributed by atoms with Gasteiger partial charge < -0.3 is 4.90 Å². The van der Waals surface area contributed by atoms with Crippen LogP contribution in [0.2, 0.25) is 0 Å². The number of pyridine rings is 1. The van der Waals surface area contributed by atoms with E-state index in [1.54, 1.807) is 0 Å². The molecule has 1 saturated carbocycles. The largest absolute Gasteiger partial charge is 0.303 e. The number of hydrogen-bond acceptors (Lipinski definition) is 4. The van der Waals surface area contributed by atoms with E-state index < -0.39 is 0 Å². The molecule has 0 aromatic carbocycles. The highest BCUT2D eigenvalue weighted by molar-refractivity contribution is 5.04. The van der Waals surface area contributed by atoms with E-state index >= 15 is 0 Å². The van der Waals surface area contributed by atoms with Crippen LogP contribution in [-0.2, 0) is 6.42 Å². The van der Waals surface area contributed by atoms with Crippen molar-refractivity contribution in [2.75, 3.05) is 20.1 Å². The van der Waals surface area contributed by atoms with Gasteiger partial charge in [-0.25, -0.2) is 0 Å². The van der Waals surface area contributed by atoms with Gasteiger partial charge in [0.1, 0.15) is 6.04 Å². The average molecular weight is 244 g/mol. The summed E-state index contributed by atoms with van der Waals surface area (Å²) in [5.74, 6) is 0. The fourth-order valence-corrected chi connectivity index (χ4v) is 1.92. The van der Waals surface area contributed by atoms with Crippen LogP contribution in [0.4, 0.5) is 0 Å². The summed E-state index contributed by atoms with van der Waals surface area (Å²) in [6.45, 7) is 1.71. The first-order valence-corrected chi connectivity index (χ1v) is 6.52. The first-order chi connectivity index (χ1) is 8.78. The van der Waals surface area contributed by atoms with E-state index in [2.05, 4.69) is 28.3 Å². The van der Waals surface area contributed by atoms with E-state index in [1.165, 1.54) is 12.8 Å². The summed E-state index contributed by atoms with van der Waals surface area (Å²) in [6.07, 6.45) is 5.19. The van der Waals surface area contributed by atoms with Crippen molar-refractivity contribution in [1.82, 2.24) is 15.2 Å². The predicted octanol–water partition coefficient (Wildman–Crippen LogP) is 1.20. The highest BCUT2D eigenvalue weighted by atomic mass is 15.1. The number of rotatable bonds is 7. The molecule has 2 rings (SSSR count). The lowest BCUT2D eigenvalue weighted by Gasteiger charge is -2.20. The van der Waals surface area contributed by atoms with Crippen molar-refractivity contribution >= 4 is 0 Å². The van der Waals surface area contributed by atoms with E-state index in [1.807, 2.05) is 24.4 Å². The van der Waals surface area contributed by atoms with Crippen LogP contribution in [0.25, 0.3) is 0 Å². The number of nitrogens with one attached hydrogen (secondary N) is 1. The molecular weight excluding hydrogens is 224 g/mol. The first-order valence-electron chi connectivity index (χ1n) is 6.52. The predicted molar refractivity (Wildman–Crippen MR) is 71.0 cm³/mol. The summed E-state index contributed by atoms with van der Waals surface area (Å²) in [5, 5.41) is 12.4. The van der Waals surface area contributed by atoms with Gasteiger partial charge in [-0.1, -0.05) is 6.07 Å². The minimum Gasteiger partial charge on any atom is -0.303 e. The molecule has 1 aliphatic rings. The second kappa shape index (κ2) is 6.48. The topological polar surface area (TPSA) is 52.0 Å². The SMILES string of the molecule is CN(CCc1ccccn1)CC(C#N)NC1CC1. The number of aromatic nitrogens is 1. The Balaban J connectivity index is 1.70. The molecule has 1 heterocycles. The molecule has 4 heteroatoms. The second-order valence-corrected chi connectivity index (χ2v) is 4.96. The molecular formula is C14H20N4. The Morgan fingerprint density at radius 1 is 1.56 bits per heavy atom. The Bertz CT molecular complexity index is 394. The molecule has 18 heavy (non-hydrogen) atoms. The van der Waals surface area contributed by atoms with Crippen LogP contribution in [0.1, 0.15) is 18.5 Å². The quantitative estimate of drug-likeness (QED) is 0.783. The van der Waals surface area contributed by atoms with Crippen LogP contribution in [0.5, 0.6) is 0 Å². The van der Waals surface area contributed by atoms with Crippen molar-refractivity contribution in [3.63, 3.8) is 0 Å². The number of nitrogens with zero attached hydrogens (tertiary/aromatic N) is 3. The molecule has 1 unspecified atom stereocenters. The normalized spacial score (nSPS) is 16.5. The van der Waals surface area contributed by atoms with Crippen LogP contribution in [0, 0.1) is 11.3 Å². The molecule has 1 aliphatic carbocycles. The van der Waals surface area contributed by atoms with Crippen molar-refractivity contribution in [2.45, 2.75) is 31.3 Å². The van der Waals surface area contributed by atoms with Crippen LogP contribution in [-0.4, -0.2) is 42.1 Å². The van der Waals surface area contributed by atoms with Gasteiger partial charge in [-0.2, -0.15) is 5.26 Å². The molecule has 1 fully saturated rings. The Morgan fingerprint density at radius 3 is 3.00 bits per heavy atom. The summed E-state index contributed by atoms with van der Waals surface area (Å²) < 4.78 is 0. The first kappa shape index (κ1) is 13.0. The van der Waals surface area contributed by atoms with E-state index in [0.717, 1.165) is 25.2 Å². The lowest BCUT2D eigenvalue weighted by atomic mass is 10.2. The van der Waals surface area contributed by atoms with E-state index in [9.17, 15) is 0 Å². The molecule has 1 N–H and O–H groups in total. The van der Waals surface area contributed by atoms with Crippen molar-refractivity contribution in [2.24, 2.45) is 0 Å². The van der Waals surface area contributed by atoms with Crippen LogP contribution < -0.4 is 5.32 Å². The van der Waals surface area contributed by atoms with E-state index in [-0.39, 0.29) is 6.04 Å². The maximum absolute atomic E-state index is 9.09. The van der Waals surface area contributed by atoms with Crippen molar-refractivity contribution < 1.29 is 0 Å². The fraction of sp³-hybridized carbons (Fsp3) is 0.571. The van der Waals surface area contributed by atoms with Gasteiger partial charge >= 0.3 is 0 Å². The zero-order valence-corrected chi connectivity index (χ0v) is 10.8. The maximum Gasteiger partial charge on any atom is 0.108 e. The zero-order valence-electron chi connectivity index (χ0n) is 10.8. The summed E-state index contributed by atoms with van der Waals surface area (Å²) in [5.41, 5.74) is 1.10. The Kier molecular flexibility index (Phi) is 4.68. The van der Waals surface area contributed by atoms with Gasteiger partial charge in [0.15, 0.2) is 0 Å². The van der Waals surface area contributed by atoms with Gasteiger partial charge in [-0.05, 0) is 32.0 Å². The molecule has 0 bridgehead atoms. The van der Waals surface area contributed by atoms with Gasteiger partial charge in [0.2, 0.25) is 0 Å². The lowest BCUT2D eigenvalue weighted by molar-refractivity contribution is 0.312. The summed E-state index contributed by atoms with van der Waals surface area (Å²) in [4.78, 5) is 6.49. The monoisotopic (exact) mass is 244 g/mol. The molecule has 0 saturated heterocycles. The minimum absolute atomic E-state index is 0.0498. The third-order valence-corrected chi connectivity index (χ3v) is 3.14. The molecule has 1 aromatic heterocycles.